The number of fused-ring (bicyclic) bond motifs is 1. The summed E-state index contributed by atoms with van der Waals surface area (Å²) in [5.41, 5.74) is 2.32. The van der Waals surface area contributed by atoms with Crippen LogP contribution in [-0.2, 0) is 5.88 Å². The zero-order valence-electron chi connectivity index (χ0n) is 11.1. The second kappa shape index (κ2) is 5.60. The molecule has 2 nitrogen and oxygen atoms in total. The molecule has 0 amide bonds. The van der Waals surface area contributed by atoms with Crippen molar-refractivity contribution in [2.75, 3.05) is 0 Å². The smallest absolute Gasteiger partial charge is 0.125 e. The van der Waals surface area contributed by atoms with Crippen molar-refractivity contribution in [1.29, 1.82) is 0 Å². The van der Waals surface area contributed by atoms with E-state index in [4.69, 9.17) is 16.6 Å². The maximum absolute atomic E-state index is 6.11. The van der Waals surface area contributed by atoms with Crippen molar-refractivity contribution in [2.24, 2.45) is 5.92 Å². The van der Waals surface area contributed by atoms with Crippen molar-refractivity contribution in [3.05, 3.63) is 27.6 Å². The number of alkyl halides is 1. The van der Waals surface area contributed by atoms with E-state index in [1.165, 1.54) is 28.3 Å². The zero-order chi connectivity index (χ0) is 13.4. The summed E-state index contributed by atoms with van der Waals surface area (Å²) in [6.07, 6.45) is 5.23. The number of aromatic nitrogens is 2. The van der Waals surface area contributed by atoms with Crippen molar-refractivity contribution in [3.8, 4) is 0 Å². The van der Waals surface area contributed by atoms with Gasteiger partial charge in [-0.15, -0.1) is 11.6 Å². The first-order valence-corrected chi connectivity index (χ1v) is 8.56. The van der Waals surface area contributed by atoms with E-state index in [1.54, 1.807) is 0 Å². The highest BCUT2D eigenvalue weighted by atomic mass is 127. The molecule has 1 fully saturated rings. The maximum Gasteiger partial charge on any atom is 0.125 e. The number of halogens is 2. The van der Waals surface area contributed by atoms with E-state index in [2.05, 4.69) is 52.3 Å². The van der Waals surface area contributed by atoms with Crippen molar-refractivity contribution in [1.82, 2.24) is 9.55 Å². The highest BCUT2D eigenvalue weighted by Crippen LogP contribution is 2.39. The van der Waals surface area contributed by atoms with Crippen molar-refractivity contribution in [3.63, 3.8) is 0 Å². The summed E-state index contributed by atoms with van der Waals surface area (Å²) in [5.74, 6) is 2.44. The van der Waals surface area contributed by atoms with Gasteiger partial charge in [0.1, 0.15) is 5.82 Å². The van der Waals surface area contributed by atoms with Gasteiger partial charge in [-0.3, -0.25) is 0 Å². The third-order valence-electron chi connectivity index (χ3n) is 3.98. The predicted molar refractivity (Wildman–Crippen MR) is 88.7 cm³/mol. The molecule has 19 heavy (non-hydrogen) atoms. The molecule has 0 saturated heterocycles. The summed E-state index contributed by atoms with van der Waals surface area (Å²) in [6.45, 7) is 2.27. The van der Waals surface area contributed by atoms with Crippen LogP contribution in [0.15, 0.2) is 18.2 Å². The monoisotopic (exact) mass is 388 g/mol. The minimum Gasteiger partial charge on any atom is -0.324 e. The molecule has 1 aromatic heterocycles. The van der Waals surface area contributed by atoms with Gasteiger partial charge in [-0.25, -0.2) is 4.98 Å². The van der Waals surface area contributed by atoms with Gasteiger partial charge in [-0.05, 0) is 59.5 Å². The number of benzene rings is 1. The van der Waals surface area contributed by atoms with E-state index < -0.39 is 0 Å². The fourth-order valence-electron chi connectivity index (χ4n) is 2.82. The minimum atomic E-state index is 0.492. The Morgan fingerprint density at radius 2 is 2.26 bits per heavy atom. The van der Waals surface area contributed by atoms with Gasteiger partial charge in [0, 0.05) is 9.61 Å². The molecular formula is C15H18ClIN2. The highest BCUT2D eigenvalue weighted by molar-refractivity contribution is 14.1. The Bertz CT molecular complexity index is 589. The van der Waals surface area contributed by atoms with Crippen molar-refractivity contribution in [2.45, 2.75) is 44.5 Å². The lowest BCUT2D eigenvalue weighted by Gasteiger charge is -2.19. The second-order valence-electron chi connectivity index (χ2n) is 5.41. The summed E-state index contributed by atoms with van der Waals surface area (Å²) < 4.78 is 3.61. The number of imidazole rings is 1. The van der Waals surface area contributed by atoms with Gasteiger partial charge in [0.15, 0.2) is 0 Å². The predicted octanol–water partition coefficient (Wildman–Crippen LogP) is 5.13. The summed E-state index contributed by atoms with van der Waals surface area (Å²) in [4.78, 5) is 4.71. The SMILES string of the molecule is CCC(CC1CC1)n1c(CCl)nc2cc(I)ccc21. The lowest BCUT2D eigenvalue weighted by Crippen LogP contribution is -2.11. The molecule has 2 aromatic rings. The third kappa shape index (κ3) is 2.77. The van der Waals surface area contributed by atoms with E-state index in [1.807, 2.05) is 0 Å². The molecule has 102 valence electrons. The van der Waals surface area contributed by atoms with Gasteiger partial charge in [0.25, 0.3) is 0 Å². The molecule has 1 aliphatic rings. The average molecular weight is 389 g/mol. The molecule has 1 aliphatic carbocycles. The Labute approximate surface area is 132 Å². The second-order valence-corrected chi connectivity index (χ2v) is 6.92. The van der Waals surface area contributed by atoms with Crippen LogP contribution in [0.25, 0.3) is 11.0 Å². The van der Waals surface area contributed by atoms with E-state index in [-0.39, 0.29) is 0 Å². The van der Waals surface area contributed by atoms with Crippen LogP contribution < -0.4 is 0 Å². The third-order valence-corrected chi connectivity index (χ3v) is 4.89. The molecule has 1 aromatic carbocycles. The van der Waals surface area contributed by atoms with Crippen LogP contribution in [0.4, 0.5) is 0 Å². The molecule has 3 rings (SSSR count). The van der Waals surface area contributed by atoms with Gasteiger partial charge < -0.3 is 4.57 Å². The highest BCUT2D eigenvalue weighted by Gasteiger charge is 2.27. The maximum atomic E-state index is 6.11. The van der Waals surface area contributed by atoms with Crippen LogP contribution in [0.3, 0.4) is 0 Å². The lowest BCUT2D eigenvalue weighted by molar-refractivity contribution is 0.429. The van der Waals surface area contributed by atoms with Crippen LogP contribution in [0.2, 0.25) is 0 Å². The van der Waals surface area contributed by atoms with Gasteiger partial charge in [0.05, 0.1) is 16.9 Å². The van der Waals surface area contributed by atoms with Crippen LogP contribution in [-0.4, -0.2) is 9.55 Å². The molecular weight excluding hydrogens is 371 g/mol. The Balaban J connectivity index is 2.07. The van der Waals surface area contributed by atoms with E-state index in [9.17, 15) is 0 Å². The zero-order valence-corrected chi connectivity index (χ0v) is 14.0. The number of hydrogen-bond donors (Lipinski definition) is 0. The molecule has 4 heteroatoms. The van der Waals surface area contributed by atoms with Crippen molar-refractivity contribution < 1.29 is 0 Å². The molecule has 0 radical (unpaired) electrons. The van der Waals surface area contributed by atoms with Crippen LogP contribution in [0, 0.1) is 9.49 Å². The first-order chi connectivity index (χ1) is 9.22. The first kappa shape index (κ1) is 13.7. The molecule has 0 bridgehead atoms. The van der Waals surface area contributed by atoms with Gasteiger partial charge >= 0.3 is 0 Å². The molecule has 1 atom stereocenters. The fraction of sp³-hybridized carbons (Fsp3) is 0.533. The standard InChI is InChI=1S/C15H18ClIN2/c1-2-12(7-10-3-4-10)19-14-6-5-11(17)8-13(14)18-15(19)9-16/h5-6,8,10,12H,2-4,7,9H2,1H3. The number of rotatable bonds is 5. The van der Waals surface area contributed by atoms with Crippen molar-refractivity contribution >= 4 is 45.2 Å². The van der Waals surface area contributed by atoms with Gasteiger partial charge in [-0.2, -0.15) is 0 Å². The summed E-state index contributed by atoms with van der Waals surface area (Å²) in [7, 11) is 0. The lowest BCUT2D eigenvalue weighted by atomic mass is 10.1. The molecule has 1 heterocycles. The Morgan fingerprint density at radius 1 is 1.47 bits per heavy atom. The Kier molecular flexibility index (Phi) is 4.03. The van der Waals surface area contributed by atoms with Crippen LogP contribution >= 0.6 is 34.2 Å². The average Bonchev–Trinajstić information content (AvgIpc) is 3.15. The van der Waals surface area contributed by atoms with Gasteiger partial charge in [0.2, 0.25) is 0 Å². The molecule has 0 N–H and O–H groups in total. The van der Waals surface area contributed by atoms with E-state index >= 15 is 0 Å². The van der Waals surface area contributed by atoms with E-state index in [0.29, 0.717) is 11.9 Å². The molecule has 0 aliphatic heterocycles. The normalized spacial score (nSPS) is 17.0. The van der Waals surface area contributed by atoms with Crippen LogP contribution in [0.5, 0.6) is 0 Å². The molecule has 0 spiro atoms. The number of nitrogens with zero attached hydrogens (tertiary/aromatic N) is 2. The van der Waals surface area contributed by atoms with Gasteiger partial charge in [-0.1, -0.05) is 19.8 Å². The Hall–Kier alpha value is -0.290. The summed E-state index contributed by atoms with van der Waals surface area (Å²) in [5, 5.41) is 0. The van der Waals surface area contributed by atoms with Crippen LogP contribution in [0.1, 0.15) is 44.5 Å². The quantitative estimate of drug-likeness (QED) is 0.513. The molecule has 1 saturated carbocycles. The summed E-state index contributed by atoms with van der Waals surface area (Å²) >= 11 is 8.45. The Morgan fingerprint density at radius 3 is 2.89 bits per heavy atom. The molecule has 1 unspecified atom stereocenters. The fourth-order valence-corrected chi connectivity index (χ4v) is 3.48. The van der Waals surface area contributed by atoms with E-state index in [0.717, 1.165) is 23.7 Å². The first-order valence-electron chi connectivity index (χ1n) is 6.95. The topological polar surface area (TPSA) is 17.8 Å². The number of hydrogen-bond acceptors (Lipinski definition) is 1. The minimum absolute atomic E-state index is 0.492. The summed E-state index contributed by atoms with van der Waals surface area (Å²) in [6, 6.07) is 7.04. The largest absolute Gasteiger partial charge is 0.324 e.